The molecule has 1 N–H and O–H groups in total. The molecule has 0 amide bonds. The molecule has 0 aliphatic rings. The highest BCUT2D eigenvalue weighted by atomic mass is 35.5. The van der Waals surface area contributed by atoms with E-state index in [1.807, 2.05) is 6.92 Å². The largest absolute Gasteiger partial charge is 0.369 e. The van der Waals surface area contributed by atoms with E-state index in [-0.39, 0.29) is 0 Å². The summed E-state index contributed by atoms with van der Waals surface area (Å²) in [5.74, 6) is 0.105. The van der Waals surface area contributed by atoms with E-state index in [1.165, 1.54) is 18.2 Å². The Morgan fingerprint density at radius 3 is 2.55 bits per heavy atom. The fraction of sp³-hybridized carbons (Fsp3) is 0.214. The first-order valence-electron chi connectivity index (χ1n) is 6.08. The summed E-state index contributed by atoms with van der Waals surface area (Å²) in [5, 5.41) is 4.21. The Balaban J connectivity index is 2.52. The molecule has 0 unspecified atom stereocenters. The number of hydrogen-bond acceptors (Lipinski definition) is 2. The van der Waals surface area contributed by atoms with Gasteiger partial charge in [-0.25, -0.2) is 9.37 Å². The summed E-state index contributed by atoms with van der Waals surface area (Å²) in [5.41, 5.74) is 0.840. The van der Waals surface area contributed by atoms with E-state index in [1.54, 1.807) is 6.07 Å². The first-order chi connectivity index (χ1) is 9.52. The number of rotatable bonds is 4. The number of nitrogens with one attached hydrogen (secondary N) is 1. The van der Waals surface area contributed by atoms with Crippen molar-refractivity contribution in [3.8, 4) is 11.3 Å². The molecular formula is C14H12Cl3FN2. The molecule has 0 aliphatic carbocycles. The molecule has 0 aliphatic heterocycles. The summed E-state index contributed by atoms with van der Waals surface area (Å²) in [6, 6.07) is 5.63. The molecule has 0 atom stereocenters. The lowest BCUT2D eigenvalue weighted by atomic mass is 10.1. The second-order valence-corrected chi connectivity index (χ2v) is 5.42. The van der Waals surface area contributed by atoms with E-state index < -0.39 is 5.82 Å². The number of anilines is 1. The van der Waals surface area contributed by atoms with Gasteiger partial charge in [-0.3, -0.25) is 0 Å². The third kappa shape index (κ3) is 3.35. The van der Waals surface area contributed by atoms with Crippen LogP contribution in [0.5, 0.6) is 0 Å². The summed E-state index contributed by atoms with van der Waals surface area (Å²) in [7, 11) is 0. The molecule has 1 heterocycles. The topological polar surface area (TPSA) is 24.9 Å². The zero-order valence-corrected chi connectivity index (χ0v) is 13.0. The lowest BCUT2D eigenvalue weighted by Gasteiger charge is -2.11. The van der Waals surface area contributed by atoms with E-state index in [4.69, 9.17) is 34.8 Å². The summed E-state index contributed by atoms with van der Waals surface area (Å²) in [4.78, 5) is 4.36. The zero-order valence-electron chi connectivity index (χ0n) is 10.7. The number of hydrogen-bond donors (Lipinski definition) is 1. The molecule has 1 aromatic carbocycles. The highest BCUT2D eigenvalue weighted by molar-refractivity contribution is 6.38. The van der Waals surface area contributed by atoms with Crippen LogP contribution in [0.25, 0.3) is 11.3 Å². The number of nitrogens with zero attached hydrogens (tertiary/aromatic N) is 1. The van der Waals surface area contributed by atoms with Gasteiger partial charge in [0.05, 0.1) is 20.8 Å². The lowest BCUT2D eigenvalue weighted by molar-refractivity contribution is 0.628. The van der Waals surface area contributed by atoms with Crippen LogP contribution in [-0.2, 0) is 0 Å². The van der Waals surface area contributed by atoms with Crippen molar-refractivity contribution in [3.63, 3.8) is 0 Å². The van der Waals surface area contributed by atoms with Crippen LogP contribution in [0.4, 0.5) is 10.2 Å². The van der Waals surface area contributed by atoms with E-state index >= 15 is 0 Å². The third-order valence-corrected chi connectivity index (χ3v) is 3.56. The van der Waals surface area contributed by atoms with Gasteiger partial charge in [-0.15, -0.1) is 0 Å². The predicted molar refractivity (Wildman–Crippen MR) is 83.4 cm³/mol. The molecule has 20 heavy (non-hydrogen) atoms. The average Bonchev–Trinajstić information content (AvgIpc) is 2.41. The smallest absolute Gasteiger partial charge is 0.145 e. The molecule has 0 fully saturated rings. The van der Waals surface area contributed by atoms with Crippen molar-refractivity contribution in [2.75, 3.05) is 11.9 Å². The third-order valence-electron chi connectivity index (χ3n) is 2.66. The monoisotopic (exact) mass is 332 g/mol. The Morgan fingerprint density at radius 2 is 1.85 bits per heavy atom. The van der Waals surface area contributed by atoms with E-state index in [2.05, 4.69) is 10.3 Å². The van der Waals surface area contributed by atoms with Crippen LogP contribution >= 0.6 is 34.8 Å². The van der Waals surface area contributed by atoms with Crippen molar-refractivity contribution in [1.29, 1.82) is 0 Å². The van der Waals surface area contributed by atoms with Crippen molar-refractivity contribution in [2.45, 2.75) is 13.3 Å². The van der Waals surface area contributed by atoms with E-state index in [0.717, 1.165) is 13.0 Å². The maximum Gasteiger partial charge on any atom is 0.145 e. The Morgan fingerprint density at radius 1 is 1.10 bits per heavy atom. The van der Waals surface area contributed by atoms with Crippen LogP contribution < -0.4 is 5.32 Å². The van der Waals surface area contributed by atoms with Crippen molar-refractivity contribution >= 4 is 40.6 Å². The van der Waals surface area contributed by atoms with Gasteiger partial charge in [-0.05, 0) is 30.7 Å². The Kier molecular flexibility index (Phi) is 5.08. The van der Waals surface area contributed by atoms with E-state index in [9.17, 15) is 4.39 Å². The zero-order chi connectivity index (χ0) is 14.7. The van der Waals surface area contributed by atoms with Crippen LogP contribution in [0, 0.1) is 5.82 Å². The van der Waals surface area contributed by atoms with Gasteiger partial charge in [0.2, 0.25) is 0 Å². The summed E-state index contributed by atoms with van der Waals surface area (Å²) >= 11 is 18.3. The standard InChI is InChI=1S/C14H12Cl3FN2/c1-2-5-19-14-12(17)7-11(16)13(20-14)9-6-8(18)3-4-10(9)15/h3-4,6-7H,2,5H2,1H3,(H,19,20). The van der Waals surface area contributed by atoms with Gasteiger partial charge in [-0.1, -0.05) is 41.7 Å². The fourth-order valence-electron chi connectivity index (χ4n) is 1.70. The van der Waals surface area contributed by atoms with Crippen LogP contribution in [0.15, 0.2) is 24.3 Å². The molecule has 2 aromatic rings. The van der Waals surface area contributed by atoms with Crippen molar-refractivity contribution in [3.05, 3.63) is 45.2 Å². The van der Waals surface area contributed by atoms with Crippen LogP contribution in [0.2, 0.25) is 15.1 Å². The molecule has 106 valence electrons. The maximum atomic E-state index is 13.4. The lowest BCUT2D eigenvalue weighted by Crippen LogP contribution is -2.03. The Bertz CT molecular complexity index is 632. The quantitative estimate of drug-likeness (QED) is 0.779. The van der Waals surface area contributed by atoms with Gasteiger partial charge in [0.1, 0.15) is 11.6 Å². The second-order valence-electron chi connectivity index (χ2n) is 4.20. The normalized spacial score (nSPS) is 10.7. The van der Waals surface area contributed by atoms with Gasteiger partial charge in [0.25, 0.3) is 0 Å². The molecule has 0 spiro atoms. The summed E-state index contributed by atoms with van der Waals surface area (Å²) in [6.07, 6.45) is 0.927. The summed E-state index contributed by atoms with van der Waals surface area (Å²) in [6.45, 7) is 2.76. The maximum absolute atomic E-state index is 13.4. The first kappa shape index (κ1) is 15.4. The second kappa shape index (κ2) is 6.61. The number of benzene rings is 1. The van der Waals surface area contributed by atoms with Crippen molar-refractivity contribution in [2.24, 2.45) is 0 Å². The molecule has 2 rings (SSSR count). The Hall–Kier alpha value is -1.03. The van der Waals surface area contributed by atoms with Crippen molar-refractivity contribution < 1.29 is 4.39 Å². The molecule has 1 aromatic heterocycles. The molecule has 0 radical (unpaired) electrons. The predicted octanol–water partition coefficient (Wildman–Crippen LogP) is 5.67. The van der Waals surface area contributed by atoms with Crippen molar-refractivity contribution in [1.82, 2.24) is 4.98 Å². The minimum Gasteiger partial charge on any atom is -0.369 e. The van der Waals surface area contributed by atoms with Crippen LogP contribution in [0.3, 0.4) is 0 Å². The SMILES string of the molecule is CCCNc1nc(-c2cc(F)ccc2Cl)c(Cl)cc1Cl. The van der Waals surface area contributed by atoms with Gasteiger partial charge in [0.15, 0.2) is 0 Å². The molecule has 0 saturated carbocycles. The summed E-state index contributed by atoms with van der Waals surface area (Å²) < 4.78 is 13.4. The van der Waals surface area contributed by atoms with Crippen LogP contribution in [-0.4, -0.2) is 11.5 Å². The average molecular weight is 334 g/mol. The minimum absolute atomic E-state index is 0.324. The van der Waals surface area contributed by atoms with Gasteiger partial charge in [0, 0.05) is 12.1 Å². The van der Waals surface area contributed by atoms with E-state index in [0.29, 0.717) is 32.1 Å². The first-order valence-corrected chi connectivity index (χ1v) is 7.21. The number of aromatic nitrogens is 1. The molecule has 6 heteroatoms. The fourth-order valence-corrected chi connectivity index (χ4v) is 2.44. The van der Waals surface area contributed by atoms with Crippen LogP contribution in [0.1, 0.15) is 13.3 Å². The van der Waals surface area contributed by atoms with Gasteiger partial charge in [-0.2, -0.15) is 0 Å². The highest BCUT2D eigenvalue weighted by Crippen LogP contribution is 2.36. The van der Waals surface area contributed by atoms with Gasteiger partial charge >= 0.3 is 0 Å². The Labute approximate surface area is 131 Å². The van der Waals surface area contributed by atoms with Gasteiger partial charge < -0.3 is 5.32 Å². The molecular weight excluding hydrogens is 322 g/mol. The highest BCUT2D eigenvalue weighted by Gasteiger charge is 2.14. The number of halogens is 4. The molecule has 0 saturated heterocycles. The number of pyridine rings is 1. The molecule has 0 bridgehead atoms. The molecule has 2 nitrogen and oxygen atoms in total. The minimum atomic E-state index is -0.403.